The highest BCUT2D eigenvalue weighted by Crippen LogP contribution is 2.46. The Hall–Kier alpha value is -3.91. The van der Waals surface area contributed by atoms with E-state index < -0.39 is 5.41 Å². The molecule has 152 valence electrons. The van der Waals surface area contributed by atoms with Crippen LogP contribution in [0.15, 0.2) is 128 Å². The second-order valence-electron chi connectivity index (χ2n) is 7.28. The first kappa shape index (κ1) is 20.4. The molecule has 0 amide bonds. The lowest BCUT2D eigenvalue weighted by molar-refractivity contribution is 0.0547. The minimum Gasteiger partial charge on any atom is -0.458 e. The lowest BCUT2D eigenvalue weighted by Gasteiger charge is -2.37. The van der Waals surface area contributed by atoms with Gasteiger partial charge in [0, 0.05) is 0 Å². The van der Waals surface area contributed by atoms with E-state index in [2.05, 4.69) is 43.0 Å². The molecule has 2 nitrogen and oxygen atoms in total. The predicted molar refractivity (Wildman–Crippen MR) is 125 cm³/mol. The summed E-state index contributed by atoms with van der Waals surface area (Å²) in [6.45, 7) is 3.83. The fraction of sp³-hybridized carbons (Fsp3) is 0.0690. The van der Waals surface area contributed by atoms with Gasteiger partial charge < -0.3 is 4.74 Å². The Labute approximate surface area is 183 Å². The van der Waals surface area contributed by atoms with Gasteiger partial charge in [-0.3, -0.25) is 0 Å². The van der Waals surface area contributed by atoms with Crippen LogP contribution in [0.5, 0.6) is 0 Å². The maximum Gasteiger partial charge on any atom is 0.338 e. The van der Waals surface area contributed by atoms with Crippen molar-refractivity contribution in [2.45, 2.75) is 5.41 Å². The molecule has 0 radical (unpaired) electrons. The van der Waals surface area contributed by atoms with Crippen LogP contribution in [0, 0.1) is 0 Å². The quantitative estimate of drug-likeness (QED) is 0.202. The van der Waals surface area contributed by atoms with Crippen LogP contribution >= 0.6 is 0 Å². The van der Waals surface area contributed by atoms with Crippen molar-refractivity contribution >= 4 is 5.97 Å². The first-order chi connectivity index (χ1) is 15.3. The Kier molecular flexibility index (Phi) is 6.09. The third kappa shape index (κ3) is 3.80. The van der Waals surface area contributed by atoms with Gasteiger partial charge in [0.1, 0.15) is 6.61 Å². The van der Waals surface area contributed by atoms with Crippen molar-refractivity contribution < 1.29 is 9.53 Å². The Balaban J connectivity index is 2.10. The van der Waals surface area contributed by atoms with Crippen molar-refractivity contribution in [2.75, 3.05) is 6.61 Å². The van der Waals surface area contributed by atoms with E-state index in [1.165, 1.54) is 0 Å². The van der Waals surface area contributed by atoms with Gasteiger partial charge in [-0.25, -0.2) is 4.79 Å². The van der Waals surface area contributed by atoms with Crippen LogP contribution in [0.4, 0.5) is 0 Å². The first-order valence-corrected chi connectivity index (χ1v) is 10.3. The molecule has 0 aromatic heterocycles. The summed E-state index contributed by atoms with van der Waals surface area (Å²) in [7, 11) is 0. The van der Waals surface area contributed by atoms with Crippen molar-refractivity contribution in [1.82, 2.24) is 0 Å². The number of benzene rings is 4. The molecule has 2 heteroatoms. The Morgan fingerprint density at radius 2 is 1.10 bits per heavy atom. The number of esters is 1. The summed E-state index contributed by atoms with van der Waals surface area (Å²) in [5.41, 5.74) is 3.98. The summed E-state index contributed by atoms with van der Waals surface area (Å²) in [4.78, 5) is 13.1. The molecule has 0 aliphatic heterocycles. The highest BCUT2D eigenvalue weighted by molar-refractivity contribution is 5.92. The number of carbonyl (C=O) groups is 1. The Morgan fingerprint density at radius 1 is 0.677 bits per heavy atom. The van der Waals surface area contributed by atoms with Gasteiger partial charge in [-0.1, -0.05) is 122 Å². The molecule has 4 aromatic rings. The monoisotopic (exact) mass is 404 g/mol. The molecule has 0 atom stereocenters. The number of ether oxygens (including phenoxy) is 1. The summed E-state index contributed by atoms with van der Waals surface area (Å²) >= 11 is 0. The van der Waals surface area contributed by atoms with E-state index in [0.29, 0.717) is 5.56 Å². The van der Waals surface area contributed by atoms with Gasteiger partial charge in [0.25, 0.3) is 0 Å². The van der Waals surface area contributed by atoms with Crippen LogP contribution < -0.4 is 0 Å². The Morgan fingerprint density at radius 3 is 1.55 bits per heavy atom. The smallest absolute Gasteiger partial charge is 0.338 e. The molecular formula is C29H24O2. The normalized spacial score (nSPS) is 11.0. The molecule has 4 aromatic carbocycles. The van der Waals surface area contributed by atoms with Crippen LogP contribution in [0.1, 0.15) is 32.6 Å². The van der Waals surface area contributed by atoms with E-state index in [-0.39, 0.29) is 12.6 Å². The highest BCUT2D eigenvalue weighted by Gasteiger charge is 2.40. The lowest BCUT2D eigenvalue weighted by atomic mass is 9.64. The SMILES string of the molecule is C=CCOC(=O)c1ccccc1C(c1ccccc1)(c1ccccc1)c1ccccc1. The summed E-state index contributed by atoms with van der Waals surface area (Å²) in [5, 5.41) is 0. The van der Waals surface area contributed by atoms with E-state index in [4.69, 9.17) is 4.74 Å². The molecule has 0 fully saturated rings. The molecule has 0 saturated carbocycles. The number of hydrogen-bond acceptors (Lipinski definition) is 2. The third-order valence-corrected chi connectivity index (χ3v) is 5.50. The summed E-state index contributed by atoms with van der Waals surface area (Å²) in [6.07, 6.45) is 1.58. The summed E-state index contributed by atoms with van der Waals surface area (Å²) in [6, 6.07) is 38.7. The minimum absolute atomic E-state index is 0.169. The molecule has 4 rings (SSSR count). The zero-order valence-electron chi connectivity index (χ0n) is 17.3. The molecule has 31 heavy (non-hydrogen) atoms. The van der Waals surface area contributed by atoms with Crippen LogP contribution in [-0.4, -0.2) is 12.6 Å². The van der Waals surface area contributed by atoms with Crippen molar-refractivity contribution in [3.05, 3.63) is 156 Å². The molecule has 0 heterocycles. The third-order valence-electron chi connectivity index (χ3n) is 5.50. The van der Waals surface area contributed by atoms with Crippen LogP contribution in [0.3, 0.4) is 0 Å². The minimum atomic E-state index is -0.687. The molecule has 0 unspecified atom stereocenters. The van der Waals surface area contributed by atoms with E-state index >= 15 is 0 Å². The van der Waals surface area contributed by atoms with Crippen LogP contribution in [0.25, 0.3) is 0 Å². The fourth-order valence-corrected chi connectivity index (χ4v) is 4.23. The molecule has 0 spiro atoms. The standard InChI is InChI=1S/C29H24O2/c1-2-22-31-28(30)26-20-12-13-21-27(26)29(23-14-6-3-7-15-23,24-16-8-4-9-17-24)25-18-10-5-11-19-25/h2-21H,1,22H2. The van der Waals surface area contributed by atoms with Gasteiger partial charge in [0.15, 0.2) is 0 Å². The topological polar surface area (TPSA) is 26.3 Å². The average Bonchev–Trinajstić information content (AvgIpc) is 2.85. The van der Waals surface area contributed by atoms with Gasteiger partial charge in [0.05, 0.1) is 11.0 Å². The second-order valence-corrected chi connectivity index (χ2v) is 7.28. The van der Waals surface area contributed by atoms with Crippen molar-refractivity contribution in [3.63, 3.8) is 0 Å². The van der Waals surface area contributed by atoms with Gasteiger partial charge in [-0.2, -0.15) is 0 Å². The summed E-state index contributed by atoms with van der Waals surface area (Å²) < 4.78 is 5.46. The first-order valence-electron chi connectivity index (χ1n) is 10.3. The fourth-order valence-electron chi connectivity index (χ4n) is 4.23. The van der Waals surface area contributed by atoms with E-state index in [1.54, 1.807) is 6.08 Å². The average molecular weight is 405 g/mol. The predicted octanol–water partition coefficient (Wildman–Crippen LogP) is 6.41. The highest BCUT2D eigenvalue weighted by atomic mass is 16.5. The second kappa shape index (κ2) is 9.27. The molecule has 0 N–H and O–H groups in total. The molecule has 0 saturated heterocycles. The Bertz CT molecular complexity index is 1050. The van der Waals surface area contributed by atoms with E-state index in [0.717, 1.165) is 22.3 Å². The van der Waals surface area contributed by atoms with Crippen molar-refractivity contribution in [2.24, 2.45) is 0 Å². The lowest BCUT2D eigenvalue weighted by Crippen LogP contribution is -2.33. The number of hydrogen-bond donors (Lipinski definition) is 0. The van der Waals surface area contributed by atoms with Gasteiger partial charge in [0.2, 0.25) is 0 Å². The molecule has 0 aliphatic rings. The molecular weight excluding hydrogens is 380 g/mol. The van der Waals surface area contributed by atoms with Crippen LogP contribution in [0.2, 0.25) is 0 Å². The molecule has 0 aliphatic carbocycles. The zero-order chi connectivity index (χ0) is 21.5. The van der Waals surface area contributed by atoms with Crippen molar-refractivity contribution in [3.8, 4) is 0 Å². The molecule has 0 bridgehead atoms. The maximum atomic E-state index is 13.1. The maximum absolute atomic E-state index is 13.1. The van der Waals surface area contributed by atoms with Crippen molar-refractivity contribution in [1.29, 1.82) is 0 Å². The van der Waals surface area contributed by atoms with E-state index in [9.17, 15) is 4.79 Å². The van der Waals surface area contributed by atoms with E-state index in [1.807, 2.05) is 78.9 Å². The van der Waals surface area contributed by atoms with Gasteiger partial charge in [-0.05, 0) is 28.3 Å². The number of rotatable bonds is 7. The van der Waals surface area contributed by atoms with Crippen LogP contribution in [-0.2, 0) is 10.2 Å². The van der Waals surface area contributed by atoms with Gasteiger partial charge >= 0.3 is 5.97 Å². The number of carbonyl (C=O) groups excluding carboxylic acids is 1. The summed E-state index contributed by atoms with van der Waals surface area (Å²) in [5.74, 6) is -0.359. The largest absolute Gasteiger partial charge is 0.458 e. The van der Waals surface area contributed by atoms with Gasteiger partial charge in [-0.15, -0.1) is 0 Å². The zero-order valence-corrected chi connectivity index (χ0v) is 17.3.